The Balaban J connectivity index is 1.64. The van der Waals surface area contributed by atoms with Gasteiger partial charge in [-0.25, -0.2) is 4.45 Å². The molecule has 0 bridgehead atoms. The summed E-state index contributed by atoms with van der Waals surface area (Å²) in [6.45, 7) is 3.35. The van der Waals surface area contributed by atoms with Crippen LogP contribution in [-0.4, -0.2) is 32.2 Å². The summed E-state index contributed by atoms with van der Waals surface area (Å²) in [7, 11) is 0. The van der Waals surface area contributed by atoms with Crippen molar-refractivity contribution in [1.29, 1.82) is 0 Å². The number of aromatic nitrogens is 4. The summed E-state index contributed by atoms with van der Waals surface area (Å²) in [5.41, 5.74) is 3.30. The number of nitrogens with one attached hydrogen (secondary N) is 1. The number of hydrogen-bond acceptors (Lipinski definition) is 3. The average molecular weight is 425 g/mol. The lowest BCUT2D eigenvalue weighted by Crippen LogP contribution is -2.13. The molecule has 1 saturated heterocycles. The van der Waals surface area contributed by atoms with E-state index >= 15 is 0 Å². The largest absolute Gasteiger partial charge is 0.346 e. The van der Waals surface area contributed by atoms with Gasteiger partial charge in [0.1, 0.15) is 0 Å². The van der Waals surface area contributed by atoms with Crippen LogP contribution < -0.4 is 5.32 Å². The number of rotatable bonds is 4. The maximum Gasteiger partial charge on any atom is 0.0741 e. The number of nitrogens with zero attached hydrogens (tertiary/aromatic N) is 4. The van der Waals surface area contributed by atoms with Crippen LogP contribution in [0.1, 0.15) is 6.42 Å². The SMILES string of the molecule is IPn1cc(-c2cc3ccn(CC4CCNC4)c3cn2)cn1. The van der Waals surface area contributed by atoms with Crippen LogP contribution in [-0.2, 0) is 6.54 Å². The van der Waals surface area contributed by atoms with Gasteiger partial charge in [-0.1, -0.05) is 0 Å². The monoisotopic (exact) mass is 425 g/mol. The maximum atomic E-state index is 4.64. The highest BCUT2D eigenvalue weighted by Gasteiger charge is 2.16. The first-order valence-electron chi connectivity index (χ1n) is 7.41. The van der Waals surface area contributed by atoms with Crippen LogP contribution in [0, 0.1) is 5.92 Å². The highest BCUT2D eigenvalue weighted by Crippen LogP contribution is 2.27. The zero-order valence-electron chi connectivity index (χ0n) is 12.0. The number of hydrogen-bond donors (Lipinski definition) is 1. The van der Waals surface area contributed by atoms with Gasteiger partial charge in [0.05, 0.1) is 30.0 Å². The van der Waals surface area contributed by atoms with E-state index in [0.717, 1.165) is 36.8 Å². The van der Waals surface area contributed by atoms with E-state index in [0.29, 0.717) is 6.37 Å². The minimum atomic E-state index is 0.621. The quantitative estimate of drug-likeness (QED) is 0.516. The number of fused-ring (bicyclic) bond motifs is 1. The van der Waals surface area contributed by atoms with Crippen molar-refractivity contribution in [3.05, 3.63) is 36.9 Å². The van der Waals surface area contributed by atoms with Crippen molar-refractivity contribution in [1.82, 2.24) is 24.4 Å². The maximum absolute atomic E-state index is 4.64. The third kappa shape index (κ3) is 2.79. The van der Waals surface area contributed by atoms with Crippen molar-refractivity contribution in [3.63, 3.8) is 0 Å². The summed E-state index contributed by atoms with van der Waals surface area (Å²) in [4.78, 5) is 4.64. The third-order valence-electron chi connectivity index (χ3n) is 4.24. The Labute approximate surface area is 143 Å². The first-order valence-corrected chi connectivity index (χ1v) is 11.5. The number of halogens is 1. The average Bonchev–Trinajstić information content (AvgIpc) is 3.28. The molecule has 0 aliphatic carbocycles. The molecule has 3 aromatic rings. The molecule has 4 rings (SSSR count). The fourth-order valence-electron chi connectivity index (χ4n) is 3.05. The summed E-state index contributed by atoms with van der Waals surface area (Å²) in [6.07, 6.45) is 10.0. The van der Waals surface area contributed by atoms with Crippen LogP contribution >= 0.6 is 28.4 Å². The Hall–Kier alpha value is -0.980. The third-order valence-corrected chi connectivity index (χ3v) is 6.14. The Bertz CT molecular complexity index is 790. The molecule has 2 atom stereocenters. The molecule has 5 nitrogen and oxygen atoms in total. The molecule has 3 aromatic heterocycles. The molecule has 0 spiro atoms. The Kier molecular flexibility index (Phi) is 4.15. The zero-order chi connectivity index (χ0) is 14.9. The van der Waals surface area contributed by atoms with Gasteiger partial charge in [-0.3, -0.25) is 4.98 Å². The minimum absolute atomic E-state index is 0.621. The highest BCUT2D eigenvalue weighted by molar-refractivity contribution is 14.2. The molecule has 4 heterocycles. The fraction of sp³-hybridized carbons (Fsp3) is 0.333. The highest BCUT2D eigenvalue weighted by atomic mass is 127. The molecule has 1 aliphatic rings. The van der Waals surface area contributed by atoms with Crippen molar-refractivity contribution in [2.24, 2.45) is 5.92 Å². The van der Waals surface area contributed by atoms with Crippen LogP contribution in [0.25, 0.3) is 22.2 Å². The Morgan fingerprint density at radius 2 is 2.36 bits per heavy atom. The molecule has 0 amide bonds. The van der Waals surface area contributed by atoms with Gasteiger partial charge in [-0.05, 0) is 59.6 Å². The van der Waals surface area contributed by atoms with Gasteiger partial charge in [-0.15, -0.1) is 0 Å². The van der Waals surface area contributed by atoms with Crippen LogP contribution in [0.3, 0.4) is 0 Å². The first-order chi connectivity index (χ1) is 10.8. The standard InChI is InChI=1S/C15H17IN5P/c16-22-21-10-13(7-19-21)14-5-12-2-4-20(15(12)8-18-14)9-11-1-3-17-6-11/h2,4-5,7-8,10-11,17,22H,1,3,6,9H2. The summed E-state index contributed by atoms with van der Waals surface area (Å²) in [5, 5.41) is 9.02. The zero-order valence-corrected chi connectivity index (χ0v) is 15.2. The lowest BCUT2D eigenvalue weighted by atomic mass is 10.1. The van der Waals surface area contributed by atoms with Crippen molar-refractivity contribution >= 4 is 39.3 Å². The lowest BCUT2D eigenvalue weighted by molar-refractivity contribution is 0.491. The van der Waals surface area contributed by atoms with Gasteiger partial charge < -0.3 is 9.88 Å². The van der Waals surface area contributed by atoms with E-state index in [2.05, 4.69) is 66.5 Å². The van der Waals surface area contributed by atoms with Gasteiger partial charge in [0.15, 0.2) is 0 Å². The van der Waals surface area contributed by atoms with Crippen LogP contribution in [0.4, 0.5) is 0 Å². The van der Waals surface area contributed by atoms with Crippen LogP contribution in [0.5, 0.6) is 0 Å². The molecule has 0 radical (unpaired) electrons. The van der Waals surface area contributed by atoms with Gasteiger partial charge in [0.2, 0.25) is 0 Å². The molecule has 1 aliphatic heterocycles. The molecule has 1 N–H and O–H groups in total. The van der Waals surface area contributed by atoms with Crippen molar-refractivity contribution in [2.75, 3.05) is 13.1 Å². The molecule has 2 unspecified atom stereocenters. The van der Waals surface area contributed by atoms with E-state index in [9.17, 15) is 0 Å². The topological polar surface area (TPSA) is 47.7 Å². The van der Waals surface area contributed by atoms with E-state index < -0.39 is 0 Å². The van der Waals surface area contributed by atoms with E-state index in [1.54, 1.807) is 0 Å². The Morgan fingerprint density at radius 3 is 3.14 bits per heavy atom. The van der Waals surface area contributed by atoms with Crippen molar-refractivity contribution in [3.8, 4) is 11.3 Å². The van der Waals surface area contributed by atoms with Crippen molar-refractivity contribution < 1.29 is 0 Å². The molecule has 7 heteroatoms. The summed E-state index contributed by atoms with van der Waals surface area (Å²) in [5.74, 6) is 0.734. The van der Waals surface area contributed by atoms with Crippen molar-refractivity contribution in [2.45, 2.75) is 13.0 Å². The van der Waals surface area contributed by atoms with E-state index in [4.69, 9.17) is 0 Å². The van der Waals surface area contributed by atoms with E-state index in [-0.39, 0.29) is 0 Å². The Morgan fingerprint density at radius 1 is 1.41 bits per heavy atom. The predicted octanol–water partition coefficient (Wildman–Crippen LogP) is 3.30. The van der Waals surface area contributed by atoms with Crippen LogP contribution in [0.15, 0.2) is 36.9 Å². The fourth-order valence-corrected chi connectivity index (χ4v) is 4.14. The second-order valence-corrected chi connectivity index (χ2v) is 7.79. The van der Waals surface area contributed by atoms with Gasteiger partial charge >= 0.3 is 0 Å². The van der Waals surface area contributed by atoms with Gasteiger partial charge in [-0.2, -0.15) is 5.10 Å². The lowest BCUT2D eigenvalue weighted by Gasteiger charge is -2.11. The first kappa shape index (κ1) is 14.6. The second kappa shape index (κ2) is 6.26. The molecule has 0 saturated carbocycles. The summed E-state index contributed by atoms with van der Waals surface area (Å²) < 4.78 is 4.28. The van der Waals surface area contributed by atoms with E-state index in [1.165, 1.54) is 17.3 Å². The molecule has 114 valence electrons. The predicted molar refractivity (Wildman–Crippen MR) is 99.7 cm³/mol. The second-order valence-electron chi connectivity index (χ2n) is 5.71. The molecular weight excluding hydrogens is 408 g/mol. The minimum Gasteiger partial charge on any atom is -0.346 e. The summed E-state index contributed by atoms with van der Waals surface area (Å²) >= 11 is 2.33. The smallest absolute Gasteiger partial charge is 0.0741 e. The molecule has 1 fully saturated rings. The molecule has 0 aromatic carbocycles. The molecule has 22 heavy (non-hydrogen) atoms. The van der Waals surface area contributed by atoms with Gasteiger partial charge in [0.25, 0.3) is 0 Å². The number of pyridine rings is 1. The van der Waals surface area contributed by atoms with Gasteiger partial charge in [0, 0.05) is 29.9 Å². The molecular formula is C15H17IN5P. The van der Waals surface area contributed by atoms with E-state index in [1.807, 2.05) is 16.8 Å². The van der Waals surface area contributed by atoms with Crippen LogP contribution in [0.2, 0.25) is 0 Å². The summed E-state index contributed by atoms with van der Waals surface area (Å²) in [6, 6.07) is 4.35. The normalized spacial score (nSPS) is 18.9.